The fraction of sp³-hybridized carbons (Fsp3) is 0.111. The molecule has 0 saturated carbocycles. The fourth-order valence-electron chi connectivity index (χ4n) is 7.81. The highest BCUT2D eigenvalue weighted by molar-refractivity contribution is 7.90. The third-order valence-corrected chi connectivity index (χ3v) is 11.5. The Kier molecular flexibility index (Phi) is 7.21. The SMILES string of the molecule is COc1ccc(-c2ccc3c(c2)c2cc4c(cc2n3-c2cc(-c3ccccc3)nc(-c3ccccc3)n2)C(C)(C)c2ccccc2-4)cc1S(C)(=O)=O. The number of rotatable bonds is 6. The quantitative estimate of drug-likeness (QED) is 0.173. The number of fused-ring (bicyclic) bond motifs is 6. The van der Waals surface area contributed by atoms with E-state index in [9.17, 15) is 8.42 Å². The van der Waals surface area contributed by atoms with Crippen molar-refractivity contribution in [2.45, 2.75) is 24.2 Å². The van der Waals surface area contributed by atoms with Crippen LogP contribution in [0.1, 0.15) is 25.0 Å². The van der Waals surface area contributed by atoms with Crippen LogP contribution in [0.15, 0.2) is 144 Å². The Bertz CT molecular complexity index is 2770. The molecule has 8 aromatic rings. The number of nitrogens with zero attached hydrogens (tertiary/aromatic N) is 3. The molecular weight excluding hydrogens is 663 g/mol. The average molecular weight is 698 g/mol. The molecule has 9 rings (SSSR count). The molecule has 6 nitrogen and oxygen atoms in total. The second-order valence-corrected chi connectivity index (χ2v) is 15.9. The number of hydrogen-bond donors (Lipinski definition) is 0. The van der Waals surface area contributed by atoms with E-state index in [4.69, 9.17) is 14.7 Å². The molecule has 0 radical (unpaired) electrons. The molecule has 254 valence electrons. The maximum absolute atomic E-state index is 12.8. The lowest BCUT2D eigenvalue weighted by molar-refractivity contribution is 0.403. The normalized spacial score (nSPS) is 13.3. The van der Waals surface area contributed by atoms with Crippen molar-refractivity contribution in [1.82, 2.24) is 14.5 Å². The zero-order chi connectivity index (χ0) is 35.8. The van der Waals surface area contributed by atoms with Crippen molar-refractivity contribution in [2.24, 2.45) is 0 Å². The Hall–Kier alpha value is -6.05. The van der Waals surface area contributed by atoms with Gasteiger partial charge in [-0.25, -0.2) is 18.4 Å². The highest BCUT2D eigenvalue weighted by atomic mass is 32.2. The molecule has 0 spiro atoms. The van der Waals surface area contributed by atoms with Gasteiger partial charge in [0, 0.05) is 39.6 Å². The molecule has 0 saturated heterocycles. The van der Waals surface area contributed by atoms with Crippen LogP contribution < -0.4 is 4.74 Å². The van der Waals surface area contributed by atoms with E-state index in [0.29, 0.717) is 11.6 Å². The van der Waals surface area contributed by atoms with E-state index < -0.39 is 9.84 Å². The number of ether oxygens (including phenoxy) is 1. The molecule has 0 atom stereocenters. The molecule has 0 unspecified atom stereocenters. The van der Waals surface area contributed by atoms with Crippen molar-refractivity contribution in [3.63, 3.8) is 0 Å². The van der Waals surface area contributed by atoms with Crippen molar-refractivity contribution < 1.29 is 13.2 Å². The van der Waals surface area contributed by atoms with Gasteiger partial charge in [0.05, 0.1) is 23.8 Å². The average Bonchev–Trinajstić information content (AvgIpc) is 3.61. The molecule has 0 amide bonds. The van der Waals surface area contributed by atoms with Crippen LogP contribution in [0.4, 0.5) is 0 Å². The molecule has 7 heteroatoms. The smallest absolute Gasteiger partial charge is 0.179 e. The fourth-order valence-corrected chi connectivity index (χ4v) is 8.67. The van der Waals surface area contributed by atoms with E-state index in [-0.39, 0.29) is 10.3 Å². The zero-order valence-corrected chi connectivity index (χ0v) is 30.1. The molecule has 6 aromatic carbocycles. The van der Waals surface area contributed by atoms with Gasteiger partial charge in [-0.05, 0) is 69.8 Å². The monoisotopic (exact) mass is 697 g/mol. The standard InChI is InChI=1S/C45H35N3O3S/c1-45(2)36-18-12-11-17-32(36)33-25-35-34-23-30(31-20-22-41(51-3)42(24-31)52(4,49)50)19-21-39(34)48(40(35)26-37(33)45)43-27-38(28-13-7-5-8-14-28)46-44(47-43)29-15-9-6-10-16-29/h5-27H,1-4H3. The van der Waals surface area contributed by atoms with Gasteiger partial charge < -0.3 is 4.74 Å². The topological polar surface area (TPSA) is 74.1 Å². The second kappa shape index (κ2) is 11.8. The molecule has 52 heavy (non-hydrogen) atoms. The molecule has 1 aliphatic rings. The first kappa shape index (κ1) is 31.9. The number of sulfone groups is 1. The summed E-state index contributed by atoms with van der Waals surface area (Å²) in [7, 11) is -2.04. The van der Waals surface area contributed by atoms with Crippen LogP contribution >= 0.6 is 0 Å². The predicted molar refractivity (Wildman–Crippen MR) is 210 cm³/mol. The summed E-state index contributed by atoms with van der Waals surface area (Å²) in [6.07, 6.45) is 1.21. The Balaban J connectivity index is 1.36. The van der Waals surface area contributed by atoms with Crippen molar-refractivity contribution in [1.29, 1.82) is 0 Å². The van der Waals surface area contributed by atoms with E-state index in [1.165, 1.54) is 35.6 Å². The molecule has 0 N–H and O–H groups in total. The lowest BCUT2D eigenvalue weighted by atomic mass is 9.82. The third kappa shape index (κ3) is 5.03. The van der Waals surface area contributed by atoms with Crippen LogP contribution in [0.2, 0.25) is 0 Å². The minimum Gasteiger partial charge on any atom is -0.495 e. The summed E-state index contributed by atoms with van der Waals surface area (Å²) in [6.45, 7) is 4.59. The van der Waals surface area contributed by atoms with Crippen LogP contribution in [0.25, 0.3) is 72.5 Å². The minimum absolute atomic E-state index is 0.162. The maximum atomic E-state index is 12.8. The number of methoxy groups -OCH3 is 1. The van der Waals surface area contributed by atoms with E-state index >= 15 is 0 Å². The summed E-state index contributed by atoms with van der Waals surface area (Å²) in [5.41, 5.74) is 11.3. The van der Waals surface area contributed by atoms with Crippen molar-refractivity contribution >= 4 is 31.6 Å². The second-order valence-electron chi connectivity index (χ2n) is 14.0. The van der Waals surface area contributed by atoms with Gasteiger partial charge in [-0.3, -0.25) is 4.57 Å². The Morgan fingerprint density at radius 3 is 1.98 bits per heavy atom. The van der Waals surface area contributed by atoms with Crippen molar-refractivity contribution in [3.8, 4) is 56.5 Å². The summed E-state index contributed by atoms with van der Waals surface area (Å²) in [6, 6.07) is 47.4. The van der Waals surface area contributed by atoms with Gasteiger partial charge in [-0.15, -0.1) is 0 Å². The summed E-state index contributed by atoms with van der Waals surface area (Å²) < 4.78 is 33.2. The summed E-state index contributed by atoms with van der Waals surface area (Å²) in [4.78, 5) is 10.5. The van der Waals surface area contributed by atoms with Crippen LogP contribution in [-0.2, 0) is 15.3 Å². The third-order valence-electron chi connectivity index (χ3n) is 10.4. The van der Waals surface area contributed by atoms with Gasteiger partial charge in [0.2, 0.25) is 0 Å². The van der Waals surface area contributed by atoms with Gasteiger partial charge in [0.25, 0.3) is 0 Å². The van der Waals surface area contributed by atoms with Gasteiger partial charge in [0.1, 0.15) is 16.5 Å². The van der Waals surface area contributed by atoms with E-state index in [1.807, 2.05) is 54.6 Å². The first-order chi connectivity index (χ1) is 25.1. The molecule has 1 aliphatic carbocycles. The lowest BCUT2D eigenvalue weighted by Gasteiger charge is -2.21. The number of aromatic nitrogens is 3. The summed E-state index contributed by atoms with van der Waals surface area (Å²) in [5, 5.41) is 2.12. The summed E-state index contributed by atoms with van der Waals surface area (Å²) in [5.74, 6) is 1.73. The molecule has 0 aliphatic heterocycles. The molecule has 2 heterocycles. The van der Waals surface area contributed by atoms with E-state index in [1.54, 1.807) is 12.1 Å². The van der Waals surface area contributed by atoms with Gasteiger partial charge in [-0.1, -0.05) is 111 Å². The van der Waals surface area contributed by atoms with Crippen molar-refractivity contribution in [2.75, 3.05) is 13.4 Å². The van der Waals surface area contributed by atoms with E-state index in [0.717, 1.165) is 55.6 Å². The highest BCUT2D eigenvalue weighted by Crippen LogP contribution is 2.51. The van der Waals surface area contributed by atoms with Crippen LogP contribution in [0.3, 0.4) is 0 Å². The molecule has 0 fully saturated rings. The van der Waals surface area contributed by atoms with Gasteiger partial charge in [-0.2, -0.15) is 0 Å². The Labute approximate surface area is 302 Å². The maximum Gasteiger partial charge on any atom is 0.179 e. The van der Waals surface area contributed by atoms with Gasteiger partial charge >= 0.3 is 0 Å². The van der Waals surface area contributed by atoms with E-state index in [2.05, 4.69) is 91.2 Å². The van der Waals surface area contributed by atoms with Gasteiger partial charge in [0.15, 0.2) is 15.7 Å². The Morgan fingerprint density at radius 2 is 1.25 bits per heavy atom. The summed E-state index contributed by atoms with van der Waals surface area (Å²) >= 11 is 0. The predicted octanol–water partition coefficient (Wildman–Crippen LogP) is 10.3. The molecular formula is C45H35N3O3S. The zero-order valence-electron chi connectivity index (χ0n) is 29.3. The van der Waals surface area contributed by atoms with Crippen LogP contribution in [0, 0.1) is 0 Å². The highest BCUT2D eigenvalue weighted by Gasteiger charge is 2.36. The lowest BCUT2D eigenvalue weighted by Crippen LogP contribution is -2.15. The molecule has 0 bridgehead atoms. The largest absolute Gasteiger partial charge is 0.495 e. The van der Waals surface area contributed by atoms with Crippen LogP contribution in [0.5, 0.6) is 5.75 Å². The first-order valence-corrected chi connectivity index (χ1v) is 19.1. The Morgan fingerprint density at radius 1 is 0.596 bits per heavy atom. The minimum atomic E-state index is -3.53. The number of benzene rings is 6. The number of hydrogen-bond acceptors (Lipinski definition) is 5. The molecule has 2 aromatic heterocycles. The van der Waals surface area contributed by atoms with Crippen LogP contribution in [-0.4, -0.2) is 36.3 Å². The first-order valence-electron chi connectivity index (χ1n) is 17.2. The van der Waals surface area contributed by atoms with Crippen molar-refractivity contribution in [3.05, 3.63) is 151 Å².